The van der Waals surface area contributed by atoms with Gasteiger partial charge in [-0.25, -0.2) is 13.8 Å². The fourth-order valence-electron chi connectivity index (χ4n) is 0.866. The SMILES string of the molecule is OCc1c(Cl)cc(F)nc1C(F)F. The number of hydrogen-bond acceptors (Lipinski definition) is 2. The Bertz CT molecular complexity index is 319. The van der Waals surface area contributed by atoms with Crippen molar-refractivity contribution < 1.29 is 18.3 Å². The molecule has 0 amide bonds. The van der Waals surface area contributed by atoms with Crippen LogP contribution in [0.2, 0.25) is 5.02 Å². The maximum absolute atomic E-state index is 12.5. The van der Waals surface area contributed by atoms with Crippen molar-refractivity contribution >= 4 is 11.6 Å². The van der Waals surface area contributed by atoms with Gasteiger partial charge in [-0.05, 0) is 0 Å². The molecule has 0 bridgehead atoms. The highest BCUT2D eigenvalue weighted by atomic mass is 35.5. The zero-order chi connectivity index (χ0) is 10.0. The minimum absolute atomic E-state index is 0.238. The number of aliphatic hydroxyl groups is 1. The number of alkyl halides is 2. The summed E-state index contributed by atoms with van der Waals surface area (Å²) in [6.07, 6.45) is -2.95. The molecule has 0 unspecified atom stereocenters. The van der Waals surface area contributed by atoms with Gasteiger partial charge in [-0.2, -0.15) is 4.39 Å². The summed E-state index contributed by atoms with van der Waals surface area (Å²) in [6, 6.07) is 0.777. The van der Waals surface area contributed by atoms with E-state index in [1.165, 1.54) is 0 Å². The highest BCUT2D eigenvalue weighted by Gasteiger charge is 2.18. The molecule has 1 N–H and O–H groups in total. The fraction of sp³-hybridized carbons (Fsp3) is 0.286. The summed E-state index contributed by atoms with van der Waals surface area (Å²) in [5, 5.41) is 8.41. The average molecular weight is 212 g/mol. The van der Waals surface area contributed by atoms with Gasteiger partial charge < -0.3 is 5.11 Å². The van der Waals surface area contributed by atoms with E-state index in [1.807, 2.05) is 0 Å². The van der Waals surface area contributed by atoms with Crippen molar-refractivity contribution in [3.8, 4) is 0 Å². The van der Waals surface area contributed by atoms with Crippen LogP contribution in [0.1, 0.15) is 17.7 Å². The van der Waals surface area contributed by atoms with Gasteiger partial charge in [-0.1, -0.05) is 11.6 Å². The quantitative estimate of drug-likeness (QED) is 0.762. The largest absolute Gasteiger partial charge is 0.392 e. The first-order valence-electron chi connectivity index (χ1n) is 3.30. The number of pyridine rings is 1. The van der Waals surface area contributed by atoms with Gasteiger partial charge >= 0.3 is 0 Å². The van der Waals surface area contributed by atoms with Crippen LogP contribution in [-0.4, -0.2) is 10.1 Å². The number of aliphatic hydroxyl groups excluding tert-OH is 1. The van der Waals surface area contributed by atoms with E-state index in [2.05, 4.69) is 4.98 Å². The first-order valence-corrected chi connectivity index (χ1v) is 3.68. The van der Waals surface area contributed by atoms with E-state index in [1.54, 1.807) is 0 Å². The molecule has 72 valence electrons. The van der Waals surface area contributed by atoms with Crippen LogP contribution in [0.5, 0.6) is 0 Å². The van der Waals surface area contributed by atoms with Crippen LogP contribution < -0.4 is 0 Å². The summed E-state index contributed by atoms with van der Waals surface area (Å²) in [7, 11) is 0. The molecule has 0 atom stereocenters. The molecule has 1 aromatic rings. The predicted molar refractivity (Wildman–Crippen MR) is 40.1 cm³/mol. The monoisotopic (exact) mass is 211 g/mol. The lowest BCUT2D eigenvalue weighted by Crippen LogP contribution is -2.01. The van der Waals surface area contributed by atoms with Gasteiger partial charge in [-0.15, -0.1) is 0 Å². The Morgan fingerprint density at radius 3 is 2.62 bits per heavy atom. The molecular formula is C7H5ClF3NO. The van der Waals surface area contributed by atoms with Crippen LogP contribution in [0.3, 0.4) is 0 Å². The Hall–Kier alpha value is -0.810. The number of aromatic nitrogens is 1. The van der Waals surface area contributed by atoms with E-state index in [0.29, 0.717) is 0 Å². The minimum atomic E-state index is -2.95. The standard InChI is InChI=1S/C7H5ClF3NO/c8-4-1-5(9)12-6(7(10)11)3(4)2-13/h1,7,13H,2H2. The van der Waals surface area contributed by atoms with Crippen molar-refractivity contribution in [3.05, 3.63) is 28.3 Å². The van der Waals surface area contributed by atoms with Crippen LogP contribution in [0.25, 0.3) is 0 Å². The van der Waals surface area contributed by atoms with Crippen LogP contribution in [0, 0.1) is 5.95 Å². The van der Waals surface area contributed by atoms with E-state index in [4.69, 9.17) is 16.7 Å². The van der Waals surface area contributed by atoms with Crippen molar-refractivity contribution in [2.24, 2.45) is 0 Å². The van der Waals surface area contributed by atoms with Gasteiger partial charge in [0.1, 0.15) is 5.69 Å². The summed E-state index contributed by atoms with van der Waals surface area (Å²) in [4.78, 5) is 2.94. The second-order valence-electron chi connectivity index (χ2n) is 2.25. The van der Waals surface area contributed by atoms with E-state index in [-0.39, 0.29) is 10.6 Å². The Morgan fingerprint density at radius 1 is 1.54 bits per heavy atom. The van der Waals surface area contributed by atoms with Crippen molar-refractivity contribution in [2.45, 2.75) is 13.0 Å². The first-order chi connectivity index (χ1) is 6.06. The molecule has 0 aliphatic carbocycles. The number of halogens is 4. The number of rotatable bonds is 2. The Balaban J connectivity index is 3.29. The van der Waals surface area contributed by atoms with E-state index < -0.39 is 24.7 Å². The molecule has 0 aliphatic rings. The highest BCUT2D eigenvalue weighted by Crippen LogP contribution is 2.26. The first kappa shape index (κ1) is 10.3. The molecular weight excluding hydrogens is 207 g/mol. The lowest BCUT2D eigenvalue weighted by molar-refractivity contribution is 0.140. The topological polar surface area (TPSA) is 33.1 Å². The molecule has 0 radical (unpaired) electrons. The zero-order valence-electron chi connectivity index (χ0n) is 6.27. The van der Waals surface area contributed by atoms with Crippen molar-refractivity contribution in [3.63, 3.8) is 0 Å². The molecule has 6 heteroatoms. The van der Waals surface area contributed by atoms with Crippen molar-refractivity contribution in [2.75, 3.05) is 0 Å². The minimum Gasteiger partial charge on any atom is -0.392 e. The molecule has 1 rings (SSSR count). The lowest BCUT2D eigenvalue weighted by Gasteiger charge is -2.06. The van der Waals surface area contributed by atoms with E-state index in [9.17, 15) is 13.2 Å². The van der Waals surface area contributed by atoms with Gasteiger partial charge in [0.15, 0.2) is 0 Å². The third kappa shape index (κ3) is 2.10. The molecule has 1 heterocycles. The Morgan fingerprint density at radius 2 is 2.15 bits per heavy atom. The molecule has 0 saturated carbocycles. The lowest BCUT2D eigenvalue weighted by atomic mass is 10.2. The van der Waals surface area contributed by atoms with Gasteiger partial charge in [0.05, 0.1) is 11.6 Å². The molecule has 13 heavy (non-hydrogen) atoms. The maximum atomic E-state index is 12.5. The molecule has 0 aliphatic heterocycles. The number of hydrogen-bond donors (Lipinski definition) is 1. The van der Waals surface area contributed by atoms with E-state index >= 15 is 0 Å². The predicted octanol–water partition coefficient (Wildman–Crippen LogP) is 2.30. The smallest absolute Gasteiger partial charge is 0.280 e. The van der Waals surface area contributed by atoms with Gasteiger partial charge in [0.2, 0.25) is 5.95 Å². The second-order valence-corrected chi connectivity index (χ2v) is 2.66. The Kier molecular flexibility index (Phi) is 3.11. The summed E-state index contributed by atoms with van der Waals surface area (Å²) in [6.45, 7) is -0.689. The highest BCUT2D eigenvalue weighted by molar-refractivity contribution is 6.31. The normalized spacial score (nSPS) is 10.9. The maximum Gasteiger partial charge on any atom is 0.280 e. The molecule has 1 aromatic heterocycles. The summed E-state index contributed by atoms with van der Waals surface area (Å²) < 4.78 is 36.8. The van der Waals surface area contributed by atoms with Crippen LogP contribution >= 0.6 is 11.6 Å². The fourth-order valence-corrected chi connectivity index (χ4v) is 1.11. The zero-order valence-corrected chi connectivity index (χ0v) is 7.02. The average Bonchev–Trinajstić information content (AvgIpc) is 2.02. The van der Waals surface area contributed by atoms with Crippen LogP contribution in [-0.2, 0) is 6.61 Å². The van der Waals surface area contributed by atoms with Crippen molar-refractivity contribution in [1.82, 2.24) is 4.98 Å². The third-order valence-corrected chi connectivity index (χ3v) is 1.77. The molecule has 0 fully saturated rings. The summed E-state index contributed by atoms with van der Waals surface area (Å²) in [5.74, 6) is -1.09. The Labute approximate surface area is 77.0 Å². The third-order valence-electron chi connectivity index (χ3n) is 1.44. The molecule has 2 nitrogen and oxygen atoms in total. The van der Waals surface area contributed by atoms with Gasteiger partial charge in [-0.3, -0.25) is 0 Å². The van der Waals surface area contributed by atoms with Gasteiger partial charge in [0, 0.05) is 11.6 Å². The molecule has 0 aromatic carbocycles. The summed E-state index contributed by atoms with van der Waals surface area (Å²) in [5.41, 5.74) is -1.05. The molecule has 0 spiro atoms. The van der Waals surface area contributed by atoms with Crippen molar-refractivity contribution in [1.29, 1.82) is 0 Å². The van der Waals surface area contributed by atoms with Crippen LogP contribution in [0.15, 0.2) is 6.07 Å². The molecule has 0 saturated heterocycles. The van der Waals surface area contributed by atoms with Crippen LogP contribution in [0.4, 0.5) is 13.2 Å². The number of nitrogens with zero attached hydrogens (tertiary/aromatic N) is 1. The summed E-state index contributed by atoms with van der Waals surface area (Å²) >= 11 is 5.41. The second kappa shape index (κ2) is 3.93. The van der Waals surface area contributed by atoms with Gasteiger partial charge in [0.25, 0.3) is 6.43 Å². The van der Waals surface area contributed by atoms with E-state index in [0.717, 1.165) is 6.07 Å².